The van der Waals surface area contributed by atoms with Gasteiger partial charge in [0.2, 0.25) is 0 Å². The average Bonchev–Trinajstić information content (AvgIpc) is 3.28. The molecule has 1 fully saturated rings. The number of carbonyl (C=O) groups excluding carboxylic acids is 1. The zero-order valence-corrected chi connectivity index (χ0v) is 18.6. The first-order valence-electron chi connectivity index (χ1n) is 10.2. The van der Waals surface area contributed by atoms with Crippen LogP contribution in [-0.2, 0) is 9.53 Å². The van der Waals surface area contributed by atoms with Crippen LogP contribution in [-0.4, -0.2) is 44.2 Å². The van der Waals surface area contributed by atoms with Crippen molar-refractivity contribution in [2.75, 3.05) is 13.7 Å². The second kappa shape index (κ2) is 8.85. The Hall–Kier alpha value is -3.26. The van der Waals surface area contributed by atoms with Gasteiger partial charge in [0.15, 0.2) is 5.11 Å². The van der Waals surface area contributed by atoms with Crippen LogP contribution in [0.25, 0.3) is 5.82 Å². The Balaban J connectivity index is 1.79. The molecule has 3 aromatic heterocycles. The van der Waals surface area contributed by atoms with Crippen molar-refractivity contribution in [2.24, 2.45) is 0 Å². The maximum absolute atomic E-state index is 11.8. The van der Waals surface area contributed by atoms with Gasteiger partial charge in [0.1, 0.15) is 5.82 Å². The van der Waals surface area contributed by atoms with Crippen LogP contribution in [0.15, 0.2) is 54.9 Å². The summed E-state index contributed by atoms with van der Waals surface area (Å²) < 4.78 is 6.99. The Labute approximate surface area is 187 Å². The fourth-order valence-electron chi connectivity index (χ4n) is 4.22. The molecule has 0 unspecified atom stereocenters. The summed E-state index contributed by atoms with van der Waals surface area (Å²) in [5.41, 5.74) is 4.18. The number of esters is 1. The van der Waals surface area contributed by atoms with Crippen molar-refractivity contribution < 1.29 is 9.53 Å². The van der Waals surface area contributed by atoms with Gasteiger partial charge in [-0.2, -0.15) is 0 Å². The number of ether oxygens (including phenoxy) is 1. The lowest BCUT2D eigenvalue weighted by Gasteiger charge is -2.27. The van der Waals surface area contributed by atoms with Gasteiger partial charge in [0, 0.05) is 30.3 Å². The molecule has 31 heavy (non-hydrogen) atoms. The maximum Gasteiger partial charge on any atom is 0.307 e. The molecule has 1 aliphatic rings. The summed E-state index contributed by atoms with van der Waals surface area (Å²) in [6, 6.07) is 13.7. The number of methoxy groups -OCH3 is 1. The Morgan fingerprint density at radius 3 is 2.55 bits per heavy atom. The molecule has 0 bridgehead atoms. The monoisotopic (exact) mass is 435 g/mol. The molecule has 4 heterocycles. The number of hydrogen-bond donors (Lipinski definition) is 1. The predicted octanol–water partition coefficient (Wildman–Crippen LogP) is 3.42. The van der Waals surface area contributed by atoms with Crippen molar-refractivity contribution in [2.45, 2.75) is 32.4 Å². The minimum absolute atomic E-state index is 0.115. The minimum atomic E-state index is -0.262. The summed E-state index contributed by atoms with van der Waals surface area (Å²) in [6.07, 6.45) is 3.83. The van der Waals surface area contributed by atoms with Gasteiger partial charge in [-0.05, 0) is 62.0 Å². The molecule has 2 atom stereocenters. The molecule has 1 N–H and O–H groups in total. The molecule has 1 aliphatic heterocycles. The van der Waals surface area contributed by atoms with Gasteiger partial charge >= 0.3 is 5.97 Å². The largest absolute Gasteiger partial charge is 0.469 e. The number of thiocarbonyl (C=S) groups is 1. The highest BCUT2D eigenvalue weighted by atomic mass is 32.1. The topological polar surface area (TPSA) is 72.3 Å². The maximum atomic E-state index is 11.8. The third-order valence-corrected chi connectivity index (χ3v) is 6.00. The molecule has 3 aromatic rings. The number of carbonyl (C=O) groups is 1. The van der Waals surface area contributed by atoms with Crippen molar-refractivity contribution in [1.82, 2.24) is 24.8 Å². The summed E-state index contributed by atoms with van der Waals surface area (Å²) in [4.78, 5) is 23.0. The van der Waals surface area contributed by atoms with E-state index in [9.17, 15) is 4.79 Å². The first-order chi connectivity index (χ1) is 15.0. The summed E-state index contributed by atoms with van der Waals surface area (Å²) >= 11 is 5.67. The summed E-state index contributed by atoms with van der Waals surface area (Å²) in [7, 11) is 1.40. The van der Waals surface area contributed by atoms with E-state index in [1.807, 2.05) is 36.4 Å². The van der Waals surface area contributed by atoms with Crippen LogP contribution in [0.5, 0.6) is 0 Å². The molecule has 0 saturated carbocycles. The van der Waals surface area contributed by atoms with E-state index in [-0.39, 0.29) is 24.5 Å². The predicted molar refractivity (Wildman–Crippen MR) is 122 cm³/mol. The van der Waals surface area contributed by atoms with Crippen LogP contribution in [0.4, 0.5) is 0 Å². The molecule has 7 nitrogen and oxygen atoms in total. The minimum Gasteiger partial charge on any atom is -0.469 e. The van der Waals surface area contributed by atoms with E-state index in [0.29, 0.717) is 11.7 Å². The number of rotatable bonds is 6. The van der Waals surface area contributed by atoms with Gasteiger partial charge < -0.3 is 19.5 Å². The van der Waals surface area contributed by atoms with Crippen LogP contribution in [0.1, 0.15) is 41.1 Å². The highest BCUT2D eigenvalue weighted by molar-refractivity contribution is 7.80. The SMILES string of the molecule is COC(=O)CCN1C(=S)N[C@H](c2ccccn2)[C@H]1c1cc(C)n(-c2ccccn2)c1C. The van der Waals surface area contributed by atoms with Crippen LogP contribution in [0.2, 0.25) is 0 Å². The molecule has 160 valence electrons. The number of pyridine rings is 2. The van der Waals surface area contributed by atoms with Crippen molar-refractivity contribution in [3.05, 3.63) is 77.5 Å². The number of aryl methyl sites for hydroxylation is 1. The van der Waals surface area contributed by atoms with Crippen LogP contribution in [0, 0.1) is 13.8 Å². The molecule has 0 radical (unpaired) electrons. The van der Waals surface area contributed by atoms with Crippen LogP contribution < -0.4 is 5.32 Å². The smallest absolute Gasteiger partial charge is 0.307 e. The van der Waals surface area contributed by atoms with Crippen LogP contribution in [0.3, 0.4) is 0 Å². The zero-order valence-electron chi connectivity index (χ0n) is 17.8. The van der Waals surface area contributed by atoms with Gasteiger partial charge in [-0.15, -0.1) is 0 Å². The standard InChI is InChI=1S/C23H25N5O2S/c1-15-14-17(16(2)28(15)19-9-5-7-12-25-19)22-21(18-8-4-6-11-24-18)26-23(31)27(22)13-10-20(29)30-3/h4-9,11-12,14,21-22H,10,13H2,1-3H3,(H,26,31)/t21-,22-/m1/s1. The second-order valence-corrected chi connectivity index (χ2v) is 7.88. The number of hydrogen-bond acceptors (Lipinski definition) is 5. The van der Waals surface area contributed by atoms with Gasteiger partial charge in [-0.3, -0.25) is 9.78 Å². The van der Waals surface area contributed by atoms with Crippen LogP contribution >= 0.6 is 12.2 Å². The first kappa shape index (κ1) is 21.0. The highest BCUT2D eigenvalue weighted by Gasteiger charge is 2.41. The van der Waals surface area contributed by atoms with Gasteiger partial charge in [-0.1, -0.05) is 12.1 Å². The molecule has 0 aliphatic carbocycles. The van der Waals surface area contributed by atoms with Crippen molar-refractivity contribution in [3.8, 4) is 5.82 Å². The first-order valence-corrected chi connectivity index (χ1v) is 10.6. The Kier molecular flexibility index (Phi) is 5.99. The third-order valence-electron chi connectivity index (χ3n) is 5.65. The van der Waals surface area contributed by atoms with E-state index < -0.39 is 0 Å². The summed E-state index contributed by atoms with van der Waals surface area (Å²) in [5, 5.41) is 4.03. The van der Waals surface area contributed by atoms with E-state index in [0.717, 1.165) is 28.5 Å². The average molecular weight is 436 g/mol. The van der Waals surface area contributed by atoms with Crippen molar-refractivity contribution in [1.29, 1.82) is 0 Å². The Morgan fingerprint density at radius 2 is 1.90 bits per heavy atom. The molecule has 1 saturated heterocycles. The fraction of sp³-hybridized carbons (Fsp3) is 0.304. The van der Waals surface area contributed by atoms with E-state index in [1.54, 1.807) is 12.4 Å². The lowest BCUT2D eigenvalue weighted by atomic mass is 9.96. The number of nitrogens with zero attached hydrogens (tertiary/aromatic N) is 4. The zero-order chi connectivity index (χ0) is 22.0. The van der Waals surface area contributed by atoms with Gasteiger partial charge in [0.25, 0.3) is 0 Å². The number of aromatic nitrogens is 3. The Morgan fingerprint density at radius 1 is 1.16 bits per heavy atom. The lowest BCUT2D eigenvalue weighted by Crippen LogP contribution is -2.32. The molecule has 0 amide bonds. The summed E-state index contributed by atoms with van der Waals surface area (Å²) in [5.74, 6) is 0.606. The molecular formula is C23H25N5O2S. The molecule has 0 aromatic carbocycles. The van der Waals surface area contributed by atoms with E-state index in [1.165, 1.54) is 7.11 Å². The van der Waals surface area contributed by atoms with Crippen molar-refractivity contribution >= 4 is 23.3 Å². The van der Waals surface area contributed by atoms with Crippen molar-refractivity contribution in [3.63, 3.8) is 0 Å². The quantitative estimate of drug-likeness (QED) is 0.470. The van der Waals surface area contributed by atoms with Gasteiger partial charge in [0.05, 0.1) is 31.3 Å². The fourth-order valence-corrected chi connectivity index (χ4v) is 4.56. The molecular weight excluding hydrogens is 410 g/mol. The third kappa shape index (κ3) is 4.03. The van der Waals surface area contributed by atoms with E-state index >= 15 is 0 Å². The van der Waals surface area contributed by atoms with E-state index in [2.05, 4.69) is 44.7 Å². The van der Waals surface area contributed by atoms with Gasteiger partial charge in [-0.25, -0.2) is 4.98 Å². The molecule has 8 heteroatoms. The number of nitrogens with one attached hydrogen (secondary N) is 1. The second-order valence-electron chi connectivity index (χ2n) is 7.50. The lowest BCUT2D eigenvalue weighted by molar-refractivity contribution is -0.140. The molecule has 4 rings (SSSR count). The van der Waals surface area contributed by atoms with E-state index in [4.69, 9.17) is 17.0 Å². The summed E-state index contributed by atoms with van der Waals surface area (Å²) in [6.45, 7) is 4.62. The molecule has 0 spiro atoms. The normalized spacial score (nSPS) is 18.2. The Bertz CT molecular complexity index is 1080. The highest BCUT2D eigenvalue weighted by Crippen LogP contribution is 2.41.